The van der Waals surface area contributed by atoms with Gasteiger partial charge in [-0.15, -0.1) is 11.3 Å². The molecular weight excluding hydrogens is 402 g/mol. The predicted octanol–water partition coefficient (Wildman–Crippen LogP) is 1.01. The summed E-state index contributed by atoms with van der Waals surface area (Å²) in [6, 6.07) is 3.95. The van der Waals surface area contributed by atoms with Crippen molar-refractivity contribution in [1.82, 2.24) is 9.55 Å². The number of aromatic amines is 1. The number of hydrogen-bond donors (Lipinski definition) is 3. The largest absolute Gasteiger partial charge is 0.365 e. The topological polar surface area (TPSA) is 170 Å². The zero-order chi connectivity index (χ0) is 21.5. The number of thiophene rings is 1. The number of aryl methyl sites for hydroxylation is 2. The lowest BCUT2D eigenvalue weighted by atomic mass is 10.2. The third-order valence-corrected chi connectivity index (χ3v) is 5.52. The van der Waals surface area contributed by atoms with Crippen molar-refractivity contribution in [2.45, 2.75) is 20.4 Å². The average Bonchev–Trinajstić information content (AvgIpc) is 2.97. The molecule has 29 heavy (non-hydrogen) atoms. The van der Waals surface area contributed by atoms with Gasteiger partial charge in [-0.05, 0) is 25.0 Å². The number of anilines is 1. The maximum absolute atomic E-state index is 12.7. The minimum absolute atomic E-state index is 0.0997. The highest BCUT2D eigenvalue weighted by atomic mass is 32.1. The zero-order valence-corrected chi connectivity index (χ0v) is 16.1. The van der Waals surface area contributed by atoms with Crippen molar-refractivity contribution in [2.24, 2.45) is 5.73 Å². The zero-order valence-electron chi connectivity index (χ0n) is 15.3. The van der Waals surface area contributed by atoms with Crippen molar-refractivity contribution in [3.63, 3.8) is 0 Å². The molecular formula is C17H15N5O6S. The highest BCUT2D eigenvalue weighted by molar-refractivity contribution is 7.20. The summed E-state index contributed by atoms with van der Waals surface area (Å²) in [4.78, 5) is 62.0. The number of aromatic nitrogens is 2. The van der Waals surface area contributed by atoms with Gasteiger partial charge in [0.2, 0.25) is 5.91 Å². The molecule has 11 nitrogen and oxygen atoms in total. The molecule has 0 aliphatic rings. The normalized spacial score (nSPS) is 10.8. The van der Waals surface area contributed by atoms with Crippen molar-refractivity contribution in [3.05, 3.63) is 65.2 Å². The molecule has 1 aromatic carbocycles. The second kappa shape index (κ2) is 7.31. The van der Waals surface area contributed by atoms with E-state index in [4.69, 9.17) is 5.73 Å². The first kappa shape index (κ1) is 19.9. The number of nitrogens with one attached hydrogen (secondary N) is 2. The Labute approximate surface area is 165 Å². The lowest BCUT2D eigenvalue weighted by molar-refractivity contribution is -0.384. The van der Waals surface area contributed by atoms with Crippen LogP contribution in [-0.4, -0.2) is 26.3 Å². The van der Waals surface area contributed by atoms with Crippen LogP contribution in [0.1, 0.15) is 20.8 Å². The Morgan fingerprint density at radius 2 is 2.00 bits per heavy atom. The molecule has 2 amide bonds. The summed E-state index contributed by atoms with van der Waals surface area (Å²) in [5.41, 5.74) is 4.58. The Morgan fingerprint density at radius 1 is 1.31 bits per heavy atom. The molecule has 0 aliphatic carbocycles. The fraction of sp³-hybridized carbons (Fsp3) is 0.176. The van der Waals surface area contributed by atoms with Crippen LogP contribution in [0.15, 0.2) is 27.8 Å². The van der Waals surface area contributed by atoms with Crippen LogP contribution in [0, 0.1) is 24.0 Å². The number of rotatable bonds is 5. The number of amides is 2. The Bertz CT molecular complexity index is 1300. The number of hydrogen-bond acceptors (Lipinski definition) is 7. The van der Waals surface area contributed by atoms with E-state index in [9.17, 15) is 29.3 Å². The molecule has 3 aromatic rings. The molecule has 0 saturated carbocycles. The van der Waals surface area contributed by atoms with Gasteiger partial charge in [0, 0.05) is 12.1 Å². The molecule has 0 radical (unpaired) electrons. The van der Waals surface area contributed by atoms with Crippen molar-refractivity contribution in [2.75, 3.05) is 5.32 Å². The molecule has 0 saturated heterocycles. The summed E-state index contributed by atoms with van der Waals surface area (Å²) in [6.45, 7) is 2.55. The van der Waals surface area contributed by atoms with E-state index in [0.29, 0.717) is 15.7 Å². The van der Waals surface area contributed by atoms with E-state index < -0.39 is 34.5 Å². The maximum atomic E-state index is 12.7. The van der Waals surface area contributed by atoms with E-state index in [1.165, 1.54) is 25.1 Å². The number of nitrogens with two attached hydrogens (primary N) is 1. The quantitative estimate of drug-likeness (QED) is 0.413. The number of carbonyl (C=O) groups excluding carboxylic acids is 2. The molecule has 2 aromatic heterocycles. The standard InChI is InChI=1S/C17H15N5O6S/c1-7-3-4-9(22(27)28)5-10(7)19-11(23)6-21-16(25)12-8(2)13(14(18)24)29-15(12)20-17(21)26/h3-5H,6H2,1-2H3,(H2,18,24)(H,19,23)(H,20,26). The number of nitro benzene ring substituents is 1. The first-order valence-corrected chi connectivity index (χ1v) is 9.02. The summed E-state index contributed by atoms with van der Waals surface area (Å²) in [7, 11) is 0. The van der Waals surface area contributed by atoms with Gasteiger partial charge in [0.05, 0.1) is 20.9 Å². The lowest BCUT2D eigenvalue weighted by Crippen LogP contribution is -2.38. The molecule has 0 fully saturated rings. The van der Waals surface area contributed by atoms with Crippen LogP contribution >= 0.6 is 11.3 Å². The second-order valence-electron chi connectivity index (χ2n) is 6.25. The van der Waals surface area contributed by atoms with Crippen LogP contribution in [0.3, 0.4) is 0 Å². The van der Waals surface area contributed by atoms with Crippen LogP contribution < -0.4 is 22.3 Å². The molecule has 0 aliphatic heterocycles. The molecule has 0 unspecified atom stereocenters. The Morgan fingerprint density at radius 3 is 2.62 bits per heavy atom. The molecule has 4 N–H and O–H groups in total. The van der Waals surface area contributed by atoms with Gasteiger partial charge < -0.3 is 11.1 Å². The summed E-state index contributed by atoms with van der Waals surface area (Å²) < 4.78 is 0.689. The third-order valence-electron chi connectivity index (χ3n) is 4.30. The van der Waals surface area contributed by atoms with E-state index in [1.807, 2.05) is 0 Å². The van der Waals surface area contributed by atoms with Gasteiger partial charge >= 0.3 is 5.69 Å². The second-order valence-corrected chi connectivity index (χ2v) is 7.27. The summed E-state index contributed by atoms with van der Waals surface area (Å²) in [6.07, 6.45) is 0. The fourth-order valence-electron chi connectivity index (χ4n) is 2.82. The number of H-pyrrole nitrogens is 1. The number of primary amides is 1. The minimum atomic E-state index is -0.828. The maximum Gasteiger partial charge on any atom is 0.329 e. The number of nitrogens with zero attached hydrogens (tertiary/aromatic N) is 2. The molecule has 0 bridgehead atoms. The molecule has 2 heterocycles. The monoisotopic (exact) mass is 417 g/mol. The van der Waals surface area contributed by atoms with Gasteiger partial charge in [0.25, 0.3) is 17.2 Å². The van der Waals surface area contributed by atoms with E-state index in [2.05, 4.69) is 10.3 Å². The van der Waals surface area contributed by atoms with Crippen LogP contribution in [-0.2, 0) is 11.3 Å². The predicted molar refractivity (Wildman–Crippen MR) is 106 cm³/mol. The number of benzene rings is 1. The van der Waals surface area contributed by atoms with Gasteiger partial charge in [-0.25, -0.2) is 4.79 Å². The summed E-state index contributed by atoms with van der Waals surface area (Å²) >= 11 is 0.889. The lowest BCUT2D eigenvalue weighted by Gasteiger charge is -2.09. The number of fused-ring (bicyclic) bond motifs is 1. The molecule has 12 heteroatoms. The van der Waals surface area contributed by atoms with Gasteiger partial charge in [0.15, 0.2) is 0 Å². The highest BCUT2D eigenvalue weighted by Crippen LogP contribution is 2.25. The minimum Gasteiger partial charge on any atom is -0.365 e. The Hall–Kier alpha value is -3.80. The van der Waals surface area contributed by atoms with Crippen LogP contribution in [0.5, 0.6) is 0 Å². The number of nitro groups is 1. The fourth-order valence-corrected chi connectivity index (χ4v) is 3.86. The number of carbonyl (C=O) groups is 2. The van der Waals surface area contributed by atoms with Gasteiger partial charge in [-0.2, -0.15) is 0 Å². The summed E-state index contributed by atoms with van der Waals surface area (Å²) in [5, 5.41) is 13.5. The van der Waals surface area contributed by atoms with Gasteiger partial charge in [-0.1, -0.05) is 6.07 Å². The van der Waals surface area contributed by atoms with Crippen LogP contribution in [0.4, 0.5) is 11.4 Å². The van der Waals surface area contributed by atoms with Crippen molar-refractivity contribution < 1.29 is 14.5 Å². The number of non-ortho nitro benzene ring substituents is 1. The van der Waals surface area contributed by atoms with E-state index in [1.54, 1.807) is 6.92 Å². The van der Waals surface area contributed by atoms with Crippen LogP contribution in [0.2, 0.25) is 0 Å². The van der Waals surface area contributed by atoms with Crippen molar-refractivity contribution in [3.8, 4) is 0 Å². The van der Waals surface area contributed by atoms with Gasteiger partial charge in [0.1, 0.15) is 11.4 Å². The van der Waals surface area contributed by atoms with Crippen molar-refractivity contribution >= 4 is 44.7 Å². The Kier molecular flexibility index (Phi) is 5.03. The first-order chi connectivity index (χ1) is 13.6. The molecule has 0 spiro atoms. The first-order valence-electron chi connectivity index (χ1n) is 8.21. The van der Waals surface area contributed by atoms with Crippen LogP contribution in [0.25, 0.3) is 10.2 Å². The van der Waals surface area contributed by atoms with Gasteiger partial charge in [-0.3, -0.25) is 34.0 Å². The molecule has 150 valence electrons. The SMILES string of the molecule is Cc1ccc([N+](=O)[O-])cc1NC(=O)Cn1c(=O)[nH]c2sc(C(N)=O)c(C)c2c1=O. The molecule has 0 atom stereocenters. The van der Waals surface area contributed by atoms with E-state index in [0.717, 1.165) is 11.3 Å². The van der Waals surface area contributed by atoms with E-state index >= 15 is 0 Å². The highest BCUT2D eigenvalue weighted by Gasteiger charge is 2.20. The van der Waals surface area contributed by atoms with Crippen molar-refractivity contribution in [1.29, 1.82) is 0 Å². The average molecular weight is 417 g/mol. The third kappa shape index (κ3) is 3.65. The Balaban J connectivity index is 1.97. The van der Waals surface area contributed by atoms with E-state index in [-0.39, 0.29) is 26.5 Å². The smallest absolute Gasteiger partial charge is 0.329 e. The summed E-state index contributed by atoms with van der Waals surface area (Å²) in [5.74, 6) is -1.45. The molecule has 3 rings (SSSR count).